The lowest BCUT2D eigenvalue weighted by Gasteiger charge is -2.34. The zero-order valence-corrected chi connectivity index (χ0v) is 14.6. The van der Waals surface area contributed by atoms with Crippen molar-refractivity contribution in [3.05, 3.63) is 29.8 Å². The van der Waals surface area contributed by atoms with Gasteiger partial charge in [-0.3, -0.25) is 9.79 Å². The smallest absolute Gasteiger partial charge is 0.217 e. The highest BCUT2D eigenvalue weighted by atomic mass is 16.5. The molecular formula is C18H28N4O2. The Labute approximate surface area is 144 Å². The standard InChI is InChI=1S/C18H28N4O2/c1-3-24-16-8-4-6-14(10-16)12-21-18(20-2)22-9-5-7-15(13-22)11-17(19)23/h4,6,8,10,15H,3,5,7,9,11-13H2,1-2H3,(H2,19,23)(H,20,21). The van der Waals surface area contributed by atoms with Gasteiger partial charge in [-0.15, -0.1) is 0 Å². The van der Waals surface area contributed by atoms with Crippen molar-refractivity contribution < 1.29 is 9.53 Å². The van der Waals surface area contributed by atoms with E-state index in [1.54, 1.807) is 7.05 Å². The van der Waals surface area contributed by atoms with E-state index < -0.39 is 0 Å². The molecule has 0 bridgehead atoms. The molecule has 1 fully saturated rings. The Kier molecular flexibility index (Phi) is 6.90. The number of guanidine groups is 1. The first-order chi connectivity index (χ1) is 11.6. The molecule has 1 aromatic carbocycles. The largest absolute Gasteiger partial charge is 0.494 e. The summed E-state index contributed by atoms with van der Waals surface area (Å²) in [4.78, 5) is 17.8. The zero-order valence-electron chi connectivity index (χ0n) is 14.6. The molecule has 1 aromatic rings. The van der Waals surface area contributed by atoms with E-state index in [-0.39, 0.29) is 5.91 Å². The number of piperidine rings is 1. The number of nitrogens with two attached hydrogens (primary N) is 1. The summed E-state index contributed by atoms with van der Waals surface area (Å²) < 4.78 is 5.53. The Hall–Kier alpha value is -2.24. The van der Waals surface area contributed by atoms with Gasteiger partial charge in [0.2, 0.25) is 5.91 Å². The molecule has 0 aliphatic carbocycles. The third-order valence-electron chi connectivity index (χ3n) is 4.18. The SMILES string of the molecule is CCOc1cccc(CNC(=NC)N2CCCC(CC(N)=O)C2)c1. The predicted molar refractivity (Wildman–Crippen MR) is 95.9 cm³/mol. The molecule has 6 heteroatoms. The summed E-state index contributed by atoms with van der Waals surface area (Å²) in [7, 11) is 1.79. The summed E-state index contributed by atoms with van der Waals surface area (Å²) in [6, 6.07) is 8.06. The van der Waals surface area contributed by atoms with Gasteiger partial charge in [-0.05, 0) is 43.4 Å². The van der Waals surface area contributed by atoms with E-state index in [0.717, 1.165) is 43.2 Å². The minimum atomic E-state index is -0.225. The van der Waals surface area contributed by atoms with Crippen LogP contribution in [-0.2, 0) is 11.3 Å². The quantitative estimate of drug-likeness (QED) is 0.614. The third kappa shape index (κ3) is 5.44. The fourth-order valence-electron chi connectivity index (χ4n) is 3.13. The summed E-state index contributed by atoms with van der Waals surface area (Å²) in [5.41, 5.74) is 6.48. The van der Waals surface area contributed by atoms with E-state index in [1.165, 1.54) is 0 Å². The second kappa shape index (κ2) is 9.15. The Morgan fingerprint density at radius 2 is 2.33 bits per heavy atom. The molecular weight excluding hydrogens is 304 g/mol. The molecule has 1 aliphatic heterocycles. The van der Waals surface area contributed by atoms with Crippen molar-refractivity contribution in [3.8, 4) is 5.75 Å². The Morgan fingerprint density at radius 3 is 3.04 bits per heavy atom. The van der Waals surface area contributed by atoms with Crippen LogP contribution in [0.25, 0.3) is 0 Å². The number of carbonyl (C=O) groups excluding carboxylic acids is 1. The number of rotatable bonds is 6. The first kappa shape index (κ1) is 18.1. The Morgan fingerprint density at radius 1 is 1.50 bits per heavy atom. The molecule has 6 nitrogen and oxygen atoms in total. The van der Waals surface area contributed by atoms with Crippen molar-refractivity contribution in [1.82, 2.24) is 10.2 Å². The minimum absolute atomic E-state index is 0.225. The molecule has 1 saturated heterocycles. The molecule has 132 valence electrons. The second-order valence-corrected chi connectivity index (χ2v) is 6.11. The number of primary amides is 1. The van der Waals surface area contributed by atoms with E-state index >= 15 is 0 Å². The van der Waals surface area contributed by atoms with E-state index in [4.69, 9.17) is 10.5 Å². The van der Waals surface area contributed by atoms with Gasteiger partial charge in [0.15, 0.2) is 5.96 Å². The van der Waals surface area contributed by atoms with Crippen LogP contribution in [0, 0.1) is 5.92 Å². The highest BCUT2D eigenvalue weighted by molar-refractivity contribution is 5.80. The van der Waals surface area contributed by atoms with E-state index in [9.17, 15) is 4.79 Å². The molecule has 1 amide bonds. The monoisotopic (exact) mass is 332 g/mol. The first-order valence-corrected chi connectivity index (χ1v) is 8.58. The van der Waals surface area contributed by atoms with Crippen LogP contribution in [-0.4, -0.2) is 43.5 Å². The zero-order chi connectivity index (χ0) is 17.4. The summed E-state index contributed by atoms with van der Waals surface area (Å²) in [6.07, 6.45) is 2.55. The van der Waals surface area contributed by atoms with Gasteiger partial charge in [0.05, 0.1) is 6.61 Å². The van der Waals surface area contributed by atoms with E-state index in [2.05, 4.69) is 21.3 Å². The second-order valence-electron chi connectivity index (χ2n) is 6.11. The van der Waals surface area contributed by atoms with Gasteiger partial charge in [-0.25, -0.2) is 0 Å². The van der Waals surface area contributed by atoms with Gasteiger partial charge in [0.1, 0.15) is 5.75 Å². The van der Waals surface area contributed by atoms with Crippen LogP contribution in [0.5, 0.6) is 5.75 Å². The fraction of sp³-hybridized carbons (Fsp3) is 0.556. The average molecular weight is 332 g/mol. The van der Waals surface area contributed by atoms with E-state index in [1.807, 2.05) is 25.1 Å². The Balaban J connectivity index is 1.92. The van der Waals surface area contributed by atoms with Crippen LogP contribution in [0.1, 0.15) is 31.7 Å². The van der Waals surface area contributed by atoms with Crippen molar-refractivity contribution in [2.75, 3.05) is 26.7 Å². The molecule has 2 rings (SSSR count). The van der Waals surface area contributed by atoms with Gasteiger partial charge in [-0.1, -0.05) is 12.1 Å². The number of amides is 1. The van der Waals surface area contributed by atoms with Crippen LogP contribution in [0.3, 0.4) is 0 Å². The van der Waals surface area contributed by atoms with Crippen molar-refractivity contribution in [1.29, 1.82) is 0 Å². The third-order valence-corrected chi connectivity index (χ3v) is 4.18. The fourth-order valence-corrected chi connectivity index (χ4v) is 3.13. The molecule has 1 aliphatic rings. The first-order valence-electron chi connectivity index (χ1n) is 8.58. The van der Waals surface area contributed by atoms with Crippen LogP contribution in [0.15, 0.2) is 29.3 Å². The molecule has 0 aromatic heterocycles. The molecule has 3 N–H and O–H groups in total. The maximum absolute atomic E-state index is 11.2. The van der Waals surface area contributed by atoms with Gasteiger partial charge in [-0.2, -0.15) is 0 Å². The summed E-state index contributed by atoms with van der Waals surface area (Å²) >= 11 is 0. The van der Waals surface area contributed by atoms with Crippen molar-refractivity contribution in [2.24, 2.45) is 16.6 Å². The van der Waals surface area contributed by atoms with E-state index in [0.29, 0.717) is 25.5 Å². The highest BCUT2D eigenvalue weighted by Gasteiger charge is 2.23. The molecule has 0 saturated carbocycles. The van der Waals surface area contributed by atoms with Crippen molar-refractivity contribution in [3.63, 3.8) is 0 Å². The molecule has 1 unspecified atom stereocenters. The van der Waals surface area contributed by atoms with Crippen molar-refractivity contribution in [2.45, 2.75) is 32.7 Å². The number of hydrogen-bond acceptors (Lipinski definition) is 3. The van der Waals surface area contributed by atoms with Crippen LogP contribution < -0.4 is 15.8 Å². The topological polar surface area (TPSA) is 79.9 Å². The van der Waals surface area contributed by atoms with Crippen LogP contribution in [0.4, 0.5) is 0 Å². The maximum Gasteiger partial charge on any atom is 0.217 e. The van der Waals surface area contributed by atoms with Gasteiger partial charge in [0, 0.05) is 33.1 Å². The Bertz CT molecular complexity index is 574. The maximum atomic E-state index is 11.2. The molecule has 24 heavy (non-hydrogen) atoms. The van der Waals surface area contributed by atoms with Crippen molar-refractivity contribution >= 4 is 11.9 Å². The number of nitrogens with one attached hydrogen (secondary N) is 1. The lowest BCUT2D eigenvalue weighted by atomic mass is 9.95. The number of hydrogen-bond donors (Lipinski definition) is 2. The normalized spacial score (nSPS) is 18.3. The lowest BCUT2D eigenvalue weighted by molar-refractivity contribution is -0.119. The van der Waals surface area contributed by atoms with Gasteiger partial charge < -0.3 is 20.7 Å². The number of benzene rings is 1. The molecule has 0 radical (unpaired) electrons. The average Bonchev–Trinajstić information content (AvgIpc) is 2.56. The number of carbonyl (C=O) groups is 1. The van der Waals surface area contributed by atoms with Gasteiger partial charge in [0.25, 0.3) is 0 Å². The van der Waals surface area contributed by atoms with Crippen LogP contribution >= 0.6 is 0 Å². The summed E-state index contributed by atoms with van der Waals surface area (Å²) in [5.74, 6) is 1.84. The van der Waals surface area contributed by atoms with Crippen LogP contribution in [0.2, 0.25) is 0 Å². The highest BCUT2D eigenvalue weighted by Crippen LogP contribution is 2.19. The molecule has 1 heterocycles. The summed E-state index contributed by atoms with van der Waals surface area (Å²) in [5, 5.41) is 3.40. The summed E-state index contributed by atoms with van der Waals surface area (Å²) in [6.45, 7) is 5.10. The molecule has 1 atom stereocenters. The number of likely N-dealkylation sites (tertiary alicyclic amines) is 1. The minimum Gasteiger partial charge on any atom is -0.494 e. The number of ether oxygens (including phenoxy) is 1. The predicted octanol–water partition coefficient (Wildman–Crippen LogP) is 1.75. The number of nitrogens with zero attached hydrogens (tertiary/aromatic N) is 2. The number of aliphatic imine (C=N–C) groups is 1. The molecule has 0 spiro atoms. The lowest BCUT2D eigenvalue weighted by Crippen LogP contribution is -2.46. The van der Waals surface area contributed by atoms with Gasteiger partial charge >= 0.3 is 0 Å².